The number of nitrogens with zero attached hydrogens (tertiary/aromatic N) is 2. The van der Waals surface area contributed by atoms with Gasteiger partial charge in [0.1, 0.15) is 5.82 Å². The van der Waals surface area contributed by atoms with Crippen molar-refractivity contribution >= 4 is 39.5 Å². The van der Waals surface area contributed by atoms with Crippen LogP contribution in [0.25, 0.3) is 6.08 Å². The second-order valence-corrected chi connectivity index (χ2v) is 7.69. The van der Waals surface area contributed by atoms with Crippen LogP contribution in [0.4, 0.5) is 5.82 Å². The minimum absolute atomic E-state index is 0.129. The van der Waals surface area contributed by atoms with E-state index in [1.165, 1.54) is 35.8 Å². The van der Waals surface area contributed by atoms with Gasteiger partial charge in [0.25, 0.3) is 10.0 Å². The summed E-state index contributed by atoms with van der Waals surface area (Å²) in [5.41, 5.74) is 1.50. The number of anilines is 1. The standard InChI is InChI=1S/C17H15ClN2O4S/c1-24-16(21)6-5-12-9-13-7-8-20(17(13)19-11-12)25(22,23)15-4-2-3-14(18)10-15/h2-6,9-11H,7-8H2,1H3/b6-5+. The molecule has 1 aliphatic rings. The predicted octanol–water partition coefficient (Wildman–Crippen LogP) is 2.67. The zero-order valence-corrected chi connectivity index (χ0v) is 14.9. The van der Waals surface area contributed by atoms with Crippen LogP contribution in [0.15, 0.2) is 47.5 Å². The van der Waals surface area contributed by atoms with E-state index in [1.54, 1.807) is 18.2 Å². The Balaban J connectivity index is 1.92. The Morgan fingerprint density at radius 1 is 1.36 bits per heavy atom. The van der Waals surface area contributed by atoms with Gasteiger partial charge in [0.05, 0.1) is 12.0 Å². The third-order valence-electron chi connectivity index (χ3n) is 3.78. The topological polar surface area (TPSA) is 76.6 Å². The summed E-state index contributed by atoms with van der Waals surface area (Å²) >= 11 is 5.91. The fourth-order valence-electron chi connectivity index (χ4n) is 2.57. The Hall–Kier alpha value is -2.38. The van der Waals surface area contributed by atoms with E-state index in [0.717, 1.165) is 5.56 Å². The lowest BCUT2D eigenvalue weighted by Gasteiger charge is -2.18. The van der Waals surface area contributed by atoms with Crippen molar-refractivity contribution in [3.05, 3.63) is 58.8 Å². The molecule has 0 atom stereocenters. The van der Waals surface area contributed by atoms with E-state index in [9.17, 15) is 13.2 Å². The number of benzene rings is 1. The molecule has 3 rings (SSSR count). The number of hydrogen-bond acceptors (Lipinski definition) is 5. The van der Waals surface area contributed by atoms with Crippen LogP contribution in [0, 0.1) is 0 Å². The lowest BCUT2D eigenvalue weighted by molar-refractivity contribution is -0.134. The van der Waals surface area contributed by atoms with Gasteiger partial charge in [-0.1, -0.05) is 17.7 Å². The van der Waals surface area contributed by atoms with Crippen molar-refractivity contribution in [2.45, 2.75) is 11.3 Å². The fourth-order valence-corrected chi connectivity index (χ4v) is 4.33. The van der Waals surface area contributed by atoms with E-state index in [0.29, 0.717) is 29.4 Å². The Labute approximate surface area is 150 Å². The summed E-state index contributed by atoms with van der Waals surface area (Å²) in [5, 5.41) is 0.358. The average Bonchev–Trinajstić information content (AvgIpc) is 3.03. The zero-order valence-electron chi connectivity index (χ0n) is 13.3. The molecular formula is C17H15ClN2O4S. The number of aromatic nitrogens is 1. The number of halogens is 1. The number of esters is 1. The van der Waals surface area contributed by atoms with Crippen molar-refractivity contribution < 1.29 is 17.9 Å². The fraction of sp³-hybridized carbons (Fsp3) is 0.176. The van der Waals surface area contributed by atoms with Gasteiger partial charge in [0.2, 0.25) is 0 Å². The molecule has 6 nitrogen and oxygen atoms in total. The van der Waals surface area contributed by atoms with Crippen LogP contribution in [0.1, 0.15) is 11.1 Å². The minimum atomic E-state index is -3.72. The second-order valence-electron chi connectivity index (χ2n) is 5.39. The molecule has 1 aromatic heterocycles. The van der Waals surface area contributed by atoms with Crippen molar-refractivity contribution in [2.75, 3.05) is 18.0 Å². The van der Waals surface area contributed by atoms with E-state index in [1.807, 2.05) is 6.07 Å². The number of methoxy groups -OCH3 is 1. The smallest absolute Gasteiger partial charge is 0.330 e. The van der Waals surface area contributed by atoms with Gasteiger partial charge in [-0.2, -0.15) is 0 Å². The van der Waals surface area contributed by atoms with Crippen LogP contribution >= 0.6 is 11.6 Å². The van der Waals surface area contributed by atoms with E-state index >= 15 is 0 Å². The molecule has 0 N–H and O–H groups in total. The summed E-state index contributed by atoms with van der Waals surface area (Å²) in [6.07, 6.45) is 4.93. The molecule has 0 bridgehead atoms. The first-order valence-corrected chi connectivity index (χ1v) is 9.27. The monoisotopic (exact) mass is 378 g/mol. The second kappa shape index (κ2) is 6.85. The maximum absolute atomic E-state index is 12.8. The molecular weight excluding hydrogens is 364 g/mol. The van der Waals surface area contributed by atoms with Crippen molar-refractivity contribution in [1.82, 2.24) is 4.98 Å². The highest BCUT2D eigenvalue weighted by Crippen LogP contribution is 2.32. The lowest BCUT2D eigenvalue weighted by Crippen LogP contribution is -2.29. The van der Waals surface area contributed by atoms with Crippen LogP contribution in [0.3, 0.4) is 0 Å². The number of fused-ring (bicyclic) bond motifs is 1. The summed E-state index contributed by atoms with van der Waals surface area (Å²) in [5.74, 6) is -0.0687. The zero-order chi connectivity index (χ0) is 18.0. The molecule has 2 aromatic rings. The maximum atomic E-state index is 12.8. The molecule has 0 fully saturated rings. The molecule has 0 radical (unpaired) electrons. The summed E-state index contributed by atoms with van der Waals surface area (Å²) in [6.45, 7) is 0.307. The van der Waals surface area contributed by atoms with Gasteiger partial charge in [0.15, 0.2) is 0 Å². The highest BCUT2D eigenvalue weighted by atomic mass is 35.5. The highest BCUT2D eigenvalue weighted by molar-refractivity contribution is 7.92. The summed E-state index contributed by atoms with van der Waals surface area (Å²) in [6, 6.07) is 7.96. The van der Waals surface area contributed by atoms with E-state index in [2.05, 4.69) is 9.72 Å². The van der Waals surface area contributed by atoms with Gasteiger partial charge in [-0.05, 0) is 47.9 Å². The summed E-state index contributed by atoms with van der Waals surface area (Å²) in [4.78, 5) is 15.6. The Morgan fingerprint density at radius 3 is 2.88 bits per heavy atom. The summed E-state index contributed by atoms with van der Waals surface area (Å²) < 4.78 is 31.5. The molecule has 0 amide bonds. The average molecular weight is 379 g/mol. The molecule has 0 saturated heterocycles. The number of ether oxygens (including phenoxy) is 1. The molecule has 1 aliphatic heterocycles. The SMILES string of the molecule is COC(=O)/C=C/c1cnc2c(c1)CCN2S(=O)(=O)c1cccc(Cl)c1. The van der Waals surface area contributed by atoms with Gasteiger partial charge >= 0.3 is 5.97 Å². The van der Waals surface area contributed by atoms with Crippen LogP contribution in [0.5, 0.6) is 0 Å². The maximum Gasteiger partial charge on any atom is 0.330 e. The normalized spacial score (nSPS) is 13.9. The first-order chi connectivity index (χ1) is 11.9. The number of rotatable bonds is 4. The number of carbonyl (C=O) groups excluding carboxylic acids is 1. The van der Waals surface area contributed by atoms with Gasteiger partial charge in [-0.25, -0.2) is 22.5 Å². The third-order valence-corrected chi connectivity index (χ3v) is 5.80. The molecule has 0 saturated carbocycles. The Bertz CT molecular complexity index is 957. The predicted molar refractivity (Wildman–Crippen MR) is 95.0 cm³/mol. The van der Waals surface area contributed by atoms with Crippen molar-refractivity contribution in [3.63, 3.8) is 0 Å². The lowest BCUT2D eigenvalue weighted by atomic mass is 10.1. The van der Waals surface area contributed by atoms with E-state index < -0.39 is 16.0 Å². The van der Waals surface area contributed by atoms with Gasteiger partial charge in [-0.3, -0.25) is 0 Å². The third kappa shape index (κ3) is 3.52. The molecule has 2 heterocycles. The number of pyridine rings is 1. The molecule has 0 spiro atoms. The van der Waals surface area contributed by atoms with Crippen LogP contribution in [-0.4, -0.2) is 33.0 Å². The first kappa shape index (κ1) is 17.4. The quantitative estimate of drug-likeness (QED) is 0.604. The minimum Gasteiger partial charge on any atom is -0.466 e. The number of sulfonamides is 1. The van der Waals surface area contributed by atoms with Crippen LogP contribution in [-0.2, 0) is 26.0 Å². The van der Waals surface area contributed by atoms with Crippen molar-refractivity contribution in [3.8, 4) is 0 Å². The highest BCUT2D eigenvalue weighted by Gasteiger charge is 2.32. The van der Waals surface area contributed by atoms with Gasteiger partial charge < -0.3 is 4.74 Å². The van der Waals surface area contributed by atoms with Gasteiger partial charge in [-0.15, -0.1) is 0 Å². The number of hydrogen-bond donors (Lipinski definition) is 0. The summed E-state index contributed by atoms with van der Waals surface area (Å²) in [7, 11) is -2.43. The van der Waals surface area contributed by atoms with Crippen molar-refractivity contribution in [2.24, 2.45) is 0 Å². The van der Waals surface area contributed by atoms with Crippen molar-refractivity contribution in [1.29, 1.82) is 0 Å². The number of carbonyl (C=O) groups is 1. The van der Waals surface area contributed by atoms with Gasteiger partial charge in [0, 0.05) is 23.8 Å². The van der Waals surface area contributed by atoms with E-state index in [4.69, 9.17) is 11.6 Å². The van der Waals surface area contributed by atoms with Crippen LogP contribution < -0.4 is 4.31 Å². The molecule has 1 aromatic carbocycles. The Morgan fingerprint density at radius 2 is 2.16 bits per heavy atom. The molecule has 25 heavy (non-hydrogen) atoms. The first-order valence-electron chi connectivity index (χ1n) is 7.45. The molecule has 0 unspecified atom stereocenters. The molecule has 0 aliphatic carbocycles. The molecule has 130 valence electrons. The largest absolute Gasteiger partial charge is 0.466 e. The van der Waals surface area contributed by atoms with E-state index in [-0.39, 0.29) is 4.90 Å². The molecule has 8 heteroatoms. The Kier molecular flexibility index (Phi) is 4.78. The van der Waals surface area contributed by atoms with Crippen LogP contribution in [0.2, 0.25) is 5.02 Å².